The van der Waals surface area contributed by atoms with E-state index in [2.05, 4.69) is 39.5 Å². The average molecular weight is 355 g/mol. The van der Waals surface area contributed by atoms with Gasteiger partial charge in [0.25, 0.3) is 0 Å². The Morgan fingerprint density at radius 3 is 2.32 bits per heavy atom. The molecular formula is C13H22Cl2NOSiTi. The van der Waals surface area contributed by atoms with E-state index in [1.165, 1.54) is 25.7 Å². The number of unbranched alkanes of at least 4 members (excludes halogenated alkanes) is 1. The molecule has 0 atom stereocenters. The van der Waals surface area contributed by atoms with E-state index in [-0.39, 0.29) is 30.7 Å². The van der Waals surface area contributed by atoms with Gasteiger partial charge < -0.3 is 30.5 Å². The Bertz CT molecular complexity index is 351. The van der Waals surface area contributed by atoms with Crippen LogP contribution in [0.2, 0.25) is 13.1 Å². The van der Waals surface area contributed by atoms with Crippen molar-refractivity contribution in [3.8, 4) is 0 Å². The summed E-state index contributed by atoms with van der Waals surface area (Å²) >= 11 is 2.24. The van der Waals surface area contributed by atoms with E-state index >= 15 is 0 Å². The summed E-state index contributed by atoms with van der Waals surface area (Å²) < 4.78 is 1.58. The van der Waals surface area contributed by atoms with Crippen molar-refractivity contribution in [2.75, 3.05) is 0 Å². The predicted molar refractivity (Wildman–Crippen MR) is 73.0 cm³/mol. The number of carbonyl (C=O) groups excluding carboxylic acids is 1. The molecule has 0 bridgehead atoms. The molecule has 0 aromatic carbocycles. The Kier molecular flexibility index (Phi) is 18.9. The zero-order valence-electron chi connectivity index (χ0n) is 11.8. The van der Waals surface area contributed by atoms with Crippen LogP contribution in [0.4, 0.5) is 0 Å². The quantitative estimate of drug-likeness (QED) is 0.524. The monoisotopic (exact) mass is 354 g/mol. The van der Waals surface area contributed by atoms with Gasteiger partial charge in [0, 0.05) is 8.41 Å². The van der Waals surface area contributed by atoms with Gasteiger partial charge in [-0.15, -0.1) is 0 Å². The number of carbonyl (C=O) groups is 1. The first-order valence-electron chi connectivity index (χ1n) is 6.01. The van der Waals surface area contributed by atoms with Crippen LogP contribution >= 0.6 is 0 Å². The summed E-state index contributed by atoms with van der Waals surface area (Å²) in [5, 5.41) is 0. The van der Waals surface area contributed by atoms with Gasteiger partial charge in [-0.25, -0.2) is 0 Å². The molecular weight excluding hydrogens is 333 g/mol. The molecule has 0 aliphatic heterocycles. The molecule has 6 heteroatoms. The number of hydrogen-bond donors (Lipinski definition) is 1. The topological polar surface area (TPSA) is 43.1 Å². The largest absolute Gasteiger partial charge is 1.00 e. The second-order valence-electron chi connectivity index (χ2n) is 4.34. The summed E-state index contributed by atoms with van der Waals surface area (Å²) in [6, 6.07) is 0. The first kappa shape index (κ1) is 24.4. The Morgan fingerprint density at radius 2 is 2.05 bits per heavy atom. The van der Waals surface area contributed by atoms with Crippen molar-refractivity contribution in [2.24, 2.45) is 5.73 Å². The maximum Gasteiger partial charge on any atom is 0.236 e. The van der Waals surface area contributed by atoms with Gasteiger partial charge in [-0.1, -0.05) is 13.1 Å². The van der Waals surface area contributed by atoms with Crippen LogP contribution < -0.4 is 30.5 Å². The third-order valence-corrected chi connectivity index (χ3v) is 3.94. The number of primary amides is 1. The van der Waals surface area contributed by atoms with Crippen LogP contribution in [0, 0.1) is 0 Å². The average Bonchev–Trinajstić information content (AvgIpc) is 2.60. The first-order valence-corrected chi connectivity index (χ1v) is 9.37. The van der Waals surface area contributed by atoms with Crippen molar-refractivity contribution < 1.29 is 50.0 Å². The van der Waals surface area contributed by atoms with Gasteiger partial charge in [0.15, 0.2) is 0 Å². The van der Waals surface area contributed by atoms with Crippen molar-refractivity contribution in [3.63, 3.8) is 0 Å². The molecule has 19 heavy (non-hydrogen) atoms. The molecule has 1 aliphatic rings. The van der Waals surface area contributed by atoms with Crippen molar-refractivity contribution in [3.05, 3.63) is 21.6 Å². The second-order valence-corrected chi connectivity index (χ2v) is 7.72. The SMILES string of the molecule is CCCCC1=[C]([Ti+2])CC=C1.C[Si](C)=CC(N)=O.[Cl-].[Cl-]. The second kappa shape index (κ2) is 14.7. The van der Waals surface area contributed by atoms with E-state index in [4.69, 9.17) is 5.73 Å². The summed E-state index contributed by atoms with van der Waals surface area (Å²) in [5.74, 6) is -0.293. The van der Waals surface area contributed by atoms with Crippen molar-refractivity contribution in [2.45, 2.75) is 45.7 Å². The van der Waals surface area contributed by atoms with Crippen LogP contribution in [0.25, 0.3) is 0 Å². The van der Waals surface area contributed by atoms with E-state index in [1.54, 1.807) is 15.1 Å². The van der Waals surface area contributed by atoms with Gasteiger partial charge in [0.05, 0.1) is 0 Å². The molecule has 0 spiro atoms. The number of nitrogens with two attached hydrogens (primary N) is 1. The smallest absolute Gasteiger partial charge is 0.236 e. The molecule has 0 aromatic heterocycles. The van der Waals surface area contributed by atoms with Crippen LogP contribution in [0.5, 0.6) is 0 Å². The van der Waals surface area contributed by atoms with Gasteiger partial charge >= 0.3 is 74.6 Å². The Labute approximate surface area is 142 Å². The number of allylic oxidation sites excluding steroid dienone is 4. The third kappa shape index (κ3) is 14.5. The van der Waals surface area contributed by atoms with Gasteiger partial charge in [0.2, 0.25) is 5.91 Å². The van der Waals surface area contributed by atoms with Gasteiger partial charge in [-0.05, 0) is 5.67 Å². The molecule has 1 rings (SSSR count). The minimum absolute atomic E-state index is 0. The zero-order valence-corrected chi connectivity index (χ0v) is 15.9. The van der Waals surface area contributed by atoms with Gasteiger partial charge in [-0.2, -0.15) is 0 Å². The number of hydrogen-bond acceptors (Lipinski definition) is 1. The molecule has 2 nitrogen and oxygen atoms in total. The van der Waals surface area contributed by atoms with E-state index < -0.39 is 8.41 Å². The van der Waals surface area contributed by atoms with E-state index in [9.17, 15) is 4.79 Å². The van der Waals surface area contributed by atoms with E-state index in [0.29, 0.717) is 0 Å². The Morgan fingerprint density at radius 1 is 1.47 bits per heavy atom. The Hall–Kier alpha value is 0.331. The predicted octanol–water partition coefficient (Wildman–Crippen LogP) is -3.44. The summed E-state index contributed by atoms with van der Waals surface area (Å²) in [6.07, 6.45) is 9.69. The number of halogens is 2. The fourth-order valence-corrected chi connectivity index (χ4v) is 2.52. The zero-order chi connectivity index (χ0) is 13.3. The number of amides is 1. The molecule has 1 aliphatic carbocycles. The number of rotatable bonds is 4. The molecule has 0 fully saturated rings. The van der Waals surface area contributed by atoms with E-state index in [1.807, 2.05) is 13.1 Å². The standard InChI is InChI=1S/C9H13.C4H9NOSi.2ClH.Ti/c1-2-3-6-9-7-4-5-8-9;1-7(2)3-4(5)6;;;/h4,7H,2-3,5-6H2,1H3;3H,1-2H3,(H2,5,6);2*1H;/q;;;;+2/p-2. The van der Waals surface area contributed by atoms with Crippen LogP contribution in [-0.2, 0) is 25.2 Å². The summed E-state index contributed by atoms with van der Waals surface area (Å²) in [5.41, 5.74) is 7.98. The summed E-state index contributed by atoms with van der Waals surface area (Å²) in [6.45, 7) is 6.26. The van der Waals surface area contributed by atoms with Crippen LogP contribution in [0.15, 0.2) is 21.6 Å². The molecule has 0 saturated carbocycles. The first-order chi connectivity index (χ1) is 7.97. The summed E-state index contributed by atoms with van der Waals surface area (Å²) in [4.78, 5) is 10.0. The minimum Gasteiger partial charge on any atom is -1.00 e. The van der Waals surface area contributed by atoms with Crippen LogP contribution in [0.1, 0.15) is 32.6 Å². The van der Waals surface area contributed by atoms with Crippen LogP contribution in [-0.4, -0.2) is 20.0 Å². The summed E-state index contributed by atoms with van der Waals surface area (Å²) in [7, 11) is -0.534. The maximum atomic E-state index is 10.0. The van der Waals surface area contributed by atoms with Gasteiger partial charge in [0.1, 0.15) is 0 Å². The van der Waals surface area contributed by atoms with Crippen LogP contribution in [0.3, 0.4) is 0 Å². The molecule has 0 unspecified atom stereocenters. The molecule has 107 valence electrons. The molecule has 0 heterocycles. The van der Waals surface area contributed by atoms with E-state index in [0.717, 1.165) is 0 Å². The van der Waals surface area contributed by atoms with Crippen molar-refractivity contribution >= 4 is 20.0 Å². The van der Waals surface area contributed by atoms with Crippen molar-refractivity contribution in [1.29, 1.82) is 0 Å². The minimum atomic E-state index is -0.534. The normalized spacial score (nSPS) is 11.8. The van der Waals surface area contributed by atoms with Gasteiger partial charge in [-0.3, -0.25) is 4.79 Å². The molecule has 0 aromatic rings. The maximum absolute atomic E-state index is 10.0. The molecule has 2 N–H and O–H groups in total. The van der Waals surface area contributed by atoms with Crippen molar-refractivity contribution in [1.82, 2.24) is 0 Å². The third-order valence-electron chi connectivity index (χ3n) is 2.26. The fraction of sp³-hybridized carbons (Fsp3) is 0.538. The molecule has 0 radical (unpaired) electrons. The Balaban J connectivity index is -0.000000258. The molecule has 1 amide bonds. The fourth-order valence-electron chi connectivity index (χ4n) is 1.44. The molecule has 0 saturated heterocycles.